The van der Waals surface area contributed by atoms with Crippen LogP contribution in [0.25, 0.3) is 0 Å². The van der Waals surface area contributed by atoms with E-state index in [-0.39, 0.29) is 25.2 Å². The van der Waals surface area contributed by atoms with Gasteiger partial charge in [-0.05, 0) is 0 Å². The molecule has 0 aliphatic rings. The number of anilines is 2. The second kappa shape index (κ2) is 6.03. The van der Waals surface area contributed by atoms with Gasteiger partial charge in [-0.2, -0.15) is 15.0 Å². The van der Waals surface area contributed by atoms with Gasteiger partial charge < -0.3 is 25.6 Å². The Bertz CT molecular complexity index is 309. The highest BCUT2D eigenvalue weighted by molar-refractivity contribution is 5.36. The van der Waals surface area contributed by atoms with E-state index in [0.717, 1.165) is 0 Å². The maximum absolute atomic E-state index is 8.90. The van der Waals surface area contributed by atoms with Crippen molar-refractivity contribution in [2.24, 2.45) is 0 Å². The summed E-state index contributed by atoms with van der Waals surface area (Å²) in [6, 6.07) is -0.367. The monoisotopic (exact) mass is 229 g/mol. The minimum Gasteiger partial charge on any atom is -0.467 e. The van der Waals surface area contributed by atoms with Gasteiger partial charge >= 0.3 is 6.01 Å². The van der Waals surface area contributed by atoms with Crippen molar-refractivity contribution in [1.29, 1.82) is 0 Å². The van der Waals surface area contributed by atoms with Crippen molar-refractivity contribution in [2.75, 3.05) is 38.0 Å². The molecule has 0 radical (unpaired) electrons. The van der Waals surface area contributed by atoms with Crippen LogP contribution in [0.4, 0.5) is 11.9 Å². The van der Waals surface area contributed by atoms with E-state index in [1.807, 2.05) is 0 Å². The molecule has 8 heteroatoms. The number of ether oxygens (including phenoxy) is 1. The van der Waals surface area contributed by atoms with Crippen molar-refractivity contribution in [3.63, 3.8) is 0 Å². The largest absolute Gasteiger partial charge is 0.467 e. The maximum Gasteiger partial charge on any atom is 0.322 e. The molecule has 0 fully saturated rings. The summed E-state index contributed by atoms with van der Waals surface area (Å²) in [5, 5.41) is 23.3. The summed E-state index contributed by atoms with van der Waals surface area (Å²) in [4.78, 5) is 11.8. The number of methoxy groups -OCH3 is 1. The number of nitrogens with zero attached hydrogens (tertiary/aromatic N) is 3. The molecule has 16 heavy (non-hydrogen) atoms. The zero-order valence-electron chi connectivity index (χ0n) is 9.14. The summed E-state index contributed by atoms with van der Waals surface area (Å²) in [6.45, 7) is -0.446. The van der Waals surface area contributed by atoms with Crippen LogP contribution >= 0.6 is 0 Å². The first kappa shape index (κ1) is 12.4. The Morgan fingerprint density at radius 2 is 1.81 bits per heavy atom. The second-order valence-electron chi connectivity index (χ2n) is 2.93. The molecule has 0 aliphatic carbocycles. The van der Waals surface area contributed by atoms with Gasteiger partial charge in [0.25, 0.3) is 0 Å². The lowest BCUT2D eigenvalue weighted by Gasteiger charge is -2.13. The quantitative estimate of drug-likeness (QED) is 0.475. The molecule has 4 N–H and O–H groups in total. The van der Waals surface area contributed by atoms with Crippen LogP contribution in [0.3, 0.4) is 0 Å². The lowest BCUT2D eigenvalue weighted by atomic mass is 10.3. The van der Waals surface area contributed by atoms with Gasteiger partial charge in [-0.25, -0.2) is 0 Å². The summed E-state index contributed by atoms with van der Waals surface area (Å²) in [5.74, 6) is 0.563. The van der Waals surface area contributed by atoms with E-state index < -0.39 is 6.04 Å². The van der Waals surface area contributed by atoms with Crippen molar-refractivity contribution >= 4 is 11.9 Å². The van der Waals surface area contributed by atoms with Crippen molar-refractivity contribution in [3.05, 3.63) is 0 Å². The van der Waals surface area contributed by atoms with E-state index in [1.165, 1.54) is 7.11 Å². The zero-order chi connectivity index (χ0) is 12.0. The fraction of sp³-hybridized carbons (Fsp3) is 0.625. The Hall–Kier alpha value is -1.67. The summed E-state index contributed by atoms with van der Waals surface area (Å²) in [5.41, 5.74) is 0. The molecule has 0 aromatic carbocycles. The Kier molecular flexibility index (Phi) is 4.67. The van der Waals surface area contributed by atoms with Crippen LogP contribution in [-0.4, -0.2) is 58.6 Å². The predicted octanol–water partition coefficient (Wildman–Crippen LogP) is -1.31. The number of aliphatic hydroxyl groups is 2. The molecular formula is C8H15N5O3. The van der Waals surface area contributed by atoms with Crippen LogP contribution < -0.4 is 15.4 Å². The van der Waals surface area contributed by atoms with Crippen LogP contribution in [0.1, 0.15) is 0 Å². The molecule has 0 saturated heterocycles. The van der Waals surface area contributed by atoms with Gasteiger partial charge in [0.05, 0.1) is 26.4 Å². The van der Waals surface area contributed by atoms with Crippen molar-refractivity contribution in [1.82, 2.24) is 15.0 Å². The van der Waals surface area contributed by atoms with Gasteiger partial charge in [-0.3, -0.25) is 0 Å². The first-order valence-electron chi connectivity index (χ1n) is 4.69. The smallest absolute Gasteiger partial charge is 0.322 e. The average molecular weight is 229 g/mol. The summed E-state index contributed by atoms with van der Waals surface area (Å²) in [6.07, 6.45) is 0. The fourth-order valence-corrected chi connectivity index (χ4v) is 0.956. The molecule has 0 spiro atoms. The third kappa shape index (κ3) is 3.17. The van der Waals surface area contributed by atoms with Gasteiger partial charge in [-0.1, -0.05) is 0 Å². The van der Waals surface area contributed by atoms with Gasteiger partial charge in [-0.15, -0.1) is 0 Å². The number of nitrogens with one attached hydrogen (secondary N) is 2. The Morgan fingerprint density at radius 3 is 2.31 bits per heavy atom. The fourth-order valence-electron chi connectivity index (χ4n) is 0.956. The van der Waals surface area contributed by atoms with Gasteiger partial charge in [0.15, 0.2) is 0 Å². The van der Waals surface area contributed by atoms with Crippen molar-refractivity contribution < 1.29 is 14.9 Å². The van der Waals surface area contributed by atoms with E-state index >= 15 is 0 Å². The van der Waals surface area contributed by atoms with Crippen molar-refractivity contribution in [2.45, 2.75) is 6.04 Å². The van der Waals surface area contributed by atoms with Crippen LogP contribution in [0.5, 0.6) is 6.01 Å². The summed E-state index contributed by atoms with van der Waals surface area (Å²) >= 11 is 0. The van der Waals surface area contributed by atoms with Gasteiger partial charge in [0.1, 0.15) is 0 Å². The first-order valence-corrected chi connectivity index (χ1v) is 4.69. The molecule has 0 atom stereocenters. The Labute approximate surface area is 92.7 Å². The molecule has 1 aromatic rings. The van der Waals surface area contributed by atoms with Crippen LogP contribution in [0.15, 0.2) is 0 Å². The first-order chi connectivity index (χ1) is 7.73. The average Bonchev–Trinajstić information content (AvgIpc) is 2.35. The third-order valence-electron chi connectivity index (χ3n) is 1.80. The minimum atomic E-state index is -0.517. The predicted molar refractivity (Wildman–Crippen MR) is 57.5 cm³/mol. The van der Waals surface area contributed by atoms with Crippen molar-refractivity contribution in [3.8, 4) is 6.01 Å². The van der Waals surface area contributed by atoms with E-state index in [2.05, 4.69) is 25.6 Å². The Balaban J connectivity index is 2.85. The normalized spacial score (nSPS) is 10.3. The van der Waals surface area contributed by atoms with Crippen LogP contribution in [0, 0.1) is 0 Å². The zero-order valence-corrected chi connectivity index (χ0v) is 9.14. The summed E-state index contributed by atoms with van der Waals surface area (Å²) < 4.78 is 4.88. The second-order valence-corrected chi connectivity index (χ2v) is 2.93. The molecule has 0 amide bonds. The Morgan fingerprint density at radius 1 is 1.19 bits per heavy atom. The molecule has 1 rings (SSSR count). The SMILES string of the molecule is CNc1nc(NC(CO)CO)nc(OC)n1. The molecule has 1 aromatic heterocycles. The third-order valence-corrected chi connectivity index (χ3v) is 1.80. The highest BCUT2D eigenvalue weighted by Gasteiger charge is 2.10. The molecular weight excluding hydrogens is 214 g/mol. The molecule has 8 nitrogen and oxygen atoms in total. The number of aliphatic hydroxyl groups excluding tert-OH is 2. The molecule has 0 aliphatic heterocycles. The number of rotatable bonds is 6. The molecule has 1 heterocycles. The number of hydrogen-bond donors (Lipinski definition) is 4. The molecule has 0 unspecified atom stereocenters. The standard InChI is InChI=1S/C8H15N5O3/c1-9-6-11-7(10-5(3-14)4-15)13-8(12-6)16-2/h5,14-15H,3-4H2,1-2H3,(H2,9,10,11,12,13). The van der Waals surface area contributed by atoms with E-state index in [0.29, 0.717) is 5.95 Å². The van der Waals surface area contributed by atoms with E-state index in [4.69, 9.17) is 14.9 Å². The highest BCUT2D eigenvalue weighted by atomic mass is 16.5. The van der Waals surface area contributed by atoms with Gasteiger partial charge in [0.2, 0.25) is 11.9 Å². The maximum atomic E-state index is 8.90. The molecule has 0 bridgehead atoms. The van der Waals surface area contributed by atoms with Crippen LogP contribution in [-0.2, 0) is 0 Å². The molecule has 0 saturated carbocycles. The minimum absolute atomic E-state index is 0.150. The topological polar surface area (TPSA) is 112 Å². The lowest BCUT2D eigenvalue weighted by molar-refractivity contribution is 0.203. The molecule has 90 valence electrons. The summed E-state index contributed by atoms with van der Waals surface area (Å²) in [7, 11) is 3.10. The number of hydrogen-bond acceptors (Lipinski definition) is 8. The van der Waals surface area contributed by atoms with Gasteiger partial charge in [0, 0.05) is 7.05 Å². The van der Waals surface area contributed by atoms with E-state index in [1.54, 1.807) is 7.05 Å². The number of aromatic nitrogens is 3. The van der Waals surface area contributed by atoms with E-state index in [9.17, 15) is 0 Å². The highest BCUT2D eigenvalue weighted by Crippen LogP contribution is 2.10. The lowest BCUT2D eigenvalue weighted by Crippen LogP contribution is -2.29. The van der Waals surface area contributed by atoms with Crippen LogP contribution in [0.2, 0.25) is 0 Å².